The van der Waals surface area contributed by atoms with Crippen LogP contribution < -0.4 is 10.6 Å². The van der Waals surface area contributed by atoms with E-state index in [4.69, 9.17) is 0 Å². The molecule has 0 fully saturated rings. The normalized spacial score (nSPS) is 10.9. The van der Waals surface area contributed by atoms with Gasteiger partial charge in [-0.25, -0.2) is 9.67 Å². The summed E-state index contributed by atoms with van der Waals surface area (Å²) in [5.41, 5.74) is 1.42. The number of nitrogens with one attached hydrogen (secondary N) is 2. The summed E-state index contributed by atoms with van der Waals surface area (Å²) < 4.78 is 1.83. The van der Waals surface area contributed by atoms with E-state index in [0.717, 1.165) is 11.0 Å². The molecule has 112 valence electrons. The Morgan fingerprint density at radius 1 is 1.33 bits per heavy atom. The van der Waals surface area contributed by atoms with Crippen LogP contribution in [0.4, 0.5) is 5.69 Å². The van der Waals surface area contributed by atoms with Crippen LogP contribution in [0.25, 0.3) is 11.0 Å². The lowest BCUT2D eigenvalue weighted by Crippen LogP contribution is -2.25. The van der Waals surface area contributed by atoms with Crippen LogP contribution >= 0.6 is 0 Å². The van der Waals surface area contributed by atoms with Crippen LogP contribution in [0.2, 0.25) is 0 Å². The monoisotopic (exact) mass is 289 g/mol. The molecule has 0 aliphatic carbocycles. The highest BCUT2D eigenvalue weighted by Crippen LogP contribution is 2.19. The number of pyridine rings is 1. The number of rotatable bonds is 5. The molecular formula is C14H19N5O2. The number of fused-ring (bicyclic) bond motifs is 1. The van der Waals surface area contributed by atoms with Crippen molar-refractivity contribution < 1.29 is 9.59 Å². The first-order valence-corrected chi connectivity index (χ1v) is 6.85. The second-order valence-corrected chi connectivity index (χ2v) is 5.10. The molecule has 0 unspecified atom stereocenters. The number of hydrogen-bond acceptors (Lipinski definition) is 4. The Morgan fingerprint density at radius 3 is 2.76 bits per heavy atom. The standard InChI is InChI=1S/C14H19N5O2/c1-9(2)19-14-11(7-17-19)6-12(8-16-14)18-13(21)4-5-15-10(3)20/h6-9H,4-5H2,1-3H3,(H,15,20)(H,18,21). The zero-order valence-electron chi connectivity index (χ0n) is 12.4. The quantitative estimate of drug-likeness (QED) is 0.872. The van der Waals surface area contributed by atoms with Crippen molar-refractivity contribution in [2.45, 2.75) is 33.2 Å². The van der Waals surface area contributed by atoms with Crippen LogP contribution in [0.15, 0.2) is 18.5 Å². The Kier molecular flexibility index (Phi) is 4.52. The van der Waals surface area contributed by atoms with Crippen LogP contribution in [0.1, 0.15) is 33.2 Å². The zero-order chi connectivity index (χ0) is 15.4. The third kappa shape index (κ3) is 3.77. The van der Waals surface area contributed by atoms with E-state index < -0.39 is 0 Å². The molecule has 0 atom stereocenters. The van der Waals surface area contributed by atoms with Gasteiger partial charge in [0.2, 0.25) is 11.8 Å². The smallest absolute Gasteiger partial charge is 0.226 e. The van der Waals surface area contributed by atoms with E-state index in [2.05, 4.69) is 20.7 Å². The van der Waals surface area contributed by atoms with E-state index >= 15 is 0 Å². The van der Waals surface area contributed by atoms with Crippen molar-refractivity contribution in [3.05, 3.63) is 18.5 Å². The highest BCUT2D eigenvalue weighted by molar-refractivity contribution is 5.92. The summed E-state index contributed by atoms with van der Waals surface area (Å²) in [5.74, 6) is -0.312. The second-order valence-electron chi connectivity index (χ2n) is 5.10. The van der Waals surface area contributed by atoms with Gasteiger partial charge in [-0.15, -0.1) is 0 Å². The minimum atomic E-state index is -0.166. The van der Waals surface area contributed by atoms with Crippen LogP contribution in [0.3, 0.4) is 0 Å². The van der Waals surface area contributed by atoms with Crippen molar-refractivity contribution in [2.75, 3.05) is 11.9 Å². The first kappa shape index (κ1) is 15.0. The predicted molar refractivity (Wildman–Crippen MR) is 79.8 cm³/mol. The molecule has 2 amide bonds. The minimum absolute atomic E-state index is 0.146. The first-order chi connectivity index (χ1) is 9.97. The van der Waals surface area contributed by atoms with Gasteiger partial charge in [0.25, 0.3) is 0 Å². The molecule has 2 aromatic rings. The zero-order valence-corrected chi connectivity index (χ0v) is 12.4. The van der Waals surface area contributed by atoms with Gasteiger partial charge in [0.1, 0.15) is 0 Å². The summed E-state index contributed by atoms with van der Waals surface area (Å²) in [7, 11) is 0. The number of amides is 2. The molecule has 21 heavy (non-hydrogen) atoms. The Balaban J connectivity index is 2.03. The van der Waals surface area contributed by atoms with Crippen molar-refractivity contribution in [3.8, 4) is 0 Å². The van der Waals surface area contributed by atoms with Crippen molar-refractivity contribution in [2.24, 2.45) is 0 Å². The van der Waals surface area contributed by atoms with E-state index in [1.54, 1.807) is 12.4 Å². The highest BCUT2D eigenvalue weighted by atomic mass is 16.2. The largest absolute Gasteiger partial charge is 0.356 e. The van der Waals surface area contributed by atoms with Gasteiger partial charge in [0.15, 0.2) is 5.65 Å². The molecule has 2 heterocycles. The van der Waals surface area contributed by atoms with E-state index in [0.29, 0.717) is 12.2 Å². The van der Waals surface area contributed by atoms with E-state index in [-0.39, 0.29) is 24.3 Å². The van der Waals surface area contributed by atoms with Crippen LogP contribution in [-0.2, 0) is 9.59 Å². The fourth-order valence-electron chi connectivity index (χ4n) is 1.96. The van der Waals surface area contributed by atoms with Crippen molar-refractivity contribution in [1.82, 2.24) is 20.1 Å². The van der Waals surface area contributed by atoms with Crippen molar-refractivity contribution >= 4 is 28.5 Å². The summed E-state index contributed by atoms with van der Waals surface area (Å²) in [5, 5.41) is 10.5. The molecule has 7 heteroatoms. The molecule has 0 bridgehead atoms. The summed E-state index contributed by atoms with van der Waals surface area (Å²) in [4.78, 5) is 26.8. The Hall–Kier alpha value is -2.44. The summed E-state index contributed by atoms with van der Waals surface area (Å²) in [6.07, 6.45) is 3.57. The van der Waals surface area contributed by atoms with Gasteiger partial charge in [-0.3, -0.25) is 9.59 Å². The number of anilines is 1. The van der Waals surface area contributed by atoms with Gasteiger partial charge in [-0.1, -0.05) is 0 Å². The third-order valence-corrected chi connectivity index (χ3v) is 2.93. The minimum Gasteiger partial charge on any atom is -0.356 e. The molecule has 0 saturated heterocycles. The maximum Gasteiger partial charge on any atom is 0.226 e. The summed E-state index contributed by atoms with van der Waals surface area (Å²) >= 11 is 0. The Labute approximate surface area is 122 Å². The van der Waals surface area contributed by atoms with Gasteiger partial charge in [-0.05, 0) is 19.9 Å². The lowest BCUT2D eigenvalue weighted by atomic mass is 10.3. The molecule has 2 aromatic heterocycles. The van der Waals surface area contributed by atoms with Crippen molar-refractivity contribution in [1.29, 1.82) is 0 Å². The van der Waals surface area contributed by atoms with Gasteiger partial charge in [0, 0.05) is 31.3 Å². The van der Waals surface area contributed by atoms with Crippen LogP contribution in [0, 0.1) is 0 Å². The molecule has 0 aliphatic heterocycles. The van der Waals surface area contributed by atoms with Crippen LogP contribution in [0.5, 0.6) is 0 Å². The van der Waals surface area contributed by atoms with E-state index in [9.17, 15) is 9.59 Å². The Bertz CT molecular complexity index is 662. The molecule has 0 spiro atoms. The number of carbonyl (C=O) groups excluding carboxylic acids is 2. The van der Waals surface area contributed by atoms with E-state index in [1.165, 1.54) is 6.92 Å². The molecule has 2 rings (SSSR count). The molecular weight excluding hydrogens is 270 g/mol. The highest BCUT2D eigenvalue weighted by Gasteiger charge is 2.09. The number of carbonyl (C=O) groups is 2. The first-order valence-electron chi connectivity index (χ1n) is 6.85. The maximum atomic E-state index is 11.7. The molecule has 0 aliphatic rings. The Morgan fingerprint density at radius 2 is 2.10 bits per heavy atom. The average molecular weight is 289 g/mol. The van der Waals surface area contributed by atoms with Crippen molar-refractivity contribution in [3.63, 3.8) is 0 Å². The number of aromatic nitrogens is 3. The molecule has 0 saturated carbocycles. The fraction of sp³-hybridized carbons (Fsp3) is 0.429. The molecule has 0 radical (unpaired) electrons. The lowest BCUT2D eigenvalue weighted by molar-refractivity contribution is -0.119. The lowest BCUT2D eigenvalue weighted by Gasteiger charge is -2.07. The molecule has 7 nitrogen and oxygen atoms in total. The topological polar surface area (TPSA) is 88.9 Å². The van der Waals surface area contributed by atoms with Gasteiger partial charge in [0.05, 0.1) is 18.1 Å². The second kappa shape index (κ2) is 6.34. The predicted octanol–water partition coefficient (Wildman–Crippen LogP) is 1.48. The maximum absolute atomic E-state index is 11.7. The molecule has 0 aromatic carbocycles. The van der Waals surface area contributed by atoms with Gasteiger partial charge >= 0.3 is 0 Å². The summed E-state index contributed by atoms with van der Waals surface area (Å²) in [6, 6.07) is 2.07. The SMILES string of the molecule is CC(=O)NCCC(=O)Nc1cnc2c(cnn2C(C)C)c1. The van der Waals surface area contributed by atoms with E-state index in [1.807, 2.05) is 24.6 Å². The average Bonchev–Trinajstić information content (AvgIpc) is 2.81. The van der Waals surface area contributed by atoms with Gasteiger partial charge in [-0.2, -0.15) is 5.10 Å². The summed E-state index contributed by atoms with van der Waals surface area (Å²) in [6.45, 7) is 5.81. The number of nitrogens with zero attached hydrogens (tertiary/aromatic N) is 3. The van der Waals surface area contributed by atoms with Gasteiger partial charge < -0.3 is 10.6 Å². The molecule has 2 N–H and O–H groups in total. The van der Waals surface area contributed by atoms with Crippen LogP contribution in [-0.4, -0.2) is 33.1 Å². The number of hydrogen-bond donors (Lipinski definition) is 2. The third-order valence-electron chi connectivity index (χ3n) is 2.93. The fourth-order valence-corrected chi connectivity index (χ4v) is 1.96.